The van der Waals surface area contributed by atoms with E-state index in [1.165, 1.54) is 11.3 Å². The Kier molecular flexibility index (Phi) is 4.49. The molecule has 98 valence electrons. The third kappa shape index (κ3) is 3.17. The molecule has 1 aromatic rings. The van der Waals surface area contributed by atoms with Crippen molar-refractivity contribution in [2.24, 2.45) is 0 Å². The van der Waals surface area contributed by atoms with E-state index in [4.69, 9.17) is 0 Å². The Labute approximate surface area is 111 Å². The highest BCUT2D eigenvalue weighted by atomic mass is 32.1. The van der Waals surface area contributed by atoms with Gasteiger partial charge in [-0.25, -0.2) is 0 Å². The third-order valence-corrected chi connectivity index (χ3v) is 4.09. The summed E-state index contributed by atoms with van der Waals surface area (Å²) in [5, 5.41) is 5.13. The van der Waals surface area contributed by atoms with E-state index in [1.807, 2.05) is 29.3 Å². The van der Waals surface area contributed by atoms with Gasteiger partial charge in [-0.1, -0.05) is 6.07 Å². The first-order valence-corrected chi connectivity index (χ1v) is 7.13. The van der Waals surface area contributed by atoms with E-state index in [-0.39, 0.29) is 17.7 Å². The number of hydrogen-bond acceptors (Lipinski definition) is 4. The molecule has 1 atom stereocenters. The minimum atomic E-state index is 0.0705. The van der Waals surface area contributed by atoms with E-state index >= 15 is 0 Å². The van der Waals surface area contributed by atoms with Gasteiger partial charge in [0.1, 0.15) is 0 Å². The zero-order valence-electron chi connectivity index (χ0n) is 10.5. The third-order valence-electron chi connectivity index (χ3n) is 3.18. The van der Waals surface area contributed by atoms with E-state index in [9.17, 15) is 9.59 Å². The van der Waals surface area contributed by atoms with Crippen molar-refractivity contribution >= 4 is 23.0 Å². The average molecular weight is 266 g/mol. The molecule has 1 N–H and O–H groups in total. The molecular weight excluding hydrogens is 248 g/mol. The van der Waals surface area contributed by atoms with Crippen molar-refractivity contribution < 1.29 is 9.59 Å². The van der Waals surface area contributed by atoms with Crippen molar-refractivity contribution in [1.29, 1.82) is 0 Å². The molecular formula is C13H18N2O2S. The maximum atomic E-state index is 12.0. The highest BCUT2D eigenvalue weighted by Crippen LogP contribution is 2.14. The first-order chi connectivity index (χ1) is 8.68. The number of nitrogens with one attached hydrogen (secondary N) is 1. The van der Waals surface area contributed by atoms with Crippen LogP contribution in [0.15, 0.2) is 17.5 Å². The number of ketones is 1. The molecule has 1 aromatic heterocycles. The summed E-state index contributed by atoms with van der Waals surface area (Å²) in [7, 11) is 0. The predicted octanol–water partition coefficient (Wildman–Crippen LogP) is 1.53. The van der Waals surface area contributed by atoms with Crippen LogP contribution in [0.5, 0.6) is 0 Å². The number of nitrogens with zero attached hydrogens (tertiary/aromatic N) is 1. The zero-order valence-corrected chi connectivity index (χ0v) is 11.3. The second-order valence-electron chi connectivity index (χ2n) is 4.54. The lowest BCUT2D eigenvalue weighted by atomic mass is 10.1. The highest BCUT2D eigenvalue weighted by Gasteiger charge is 2.23. The molecule has 2 rings (SSSR count). The lowest BCUT2D eigenvalue weighted by molar-refractivity contribution is -0.133. The molecule has 0 saturated carbocycles. The molecule has 0 spiro atoms. The molecule has 4 nitrogen and oxygen atoms in total. The molecule has 5 heteroatoms. The number of thiophene rings is 1. The Hall–Kier alpha value is -1.20. The summed E-state index contributed by atoms with van der Waals surface area (Å²) in [6.45, 7) is 4.46. The van der Waals surface area contributed by atoms with Crippen molar-refractivity contribution in [3.8, 4) is 0 Å². The van der Waals surface area contributed by atoms with Gasteiger partial charge in [0.2, 0.25) is 5.91 Å². The molecule has 0 bridgehead atoms. The minimum Gasteiger partial charge on any atom is -0.337 e. The Balaban J connectivity index is 1.82. The van der Waals surface area contributed by atoms with Crippen LogP contribution in [-0.2, 0) is 4.79 Å². The summed E-state index contributed by atoms with van der Waals surface area (Å²) in [6.07, 6.45) is 0.636. The fraction of sp³-hybridized carbons (Fsp3) is 0.538. The van der Waals surface area contributed by atoms with Crippen molar-refractivity contribution in [2.75, 3.05) is 19.6 Å². The first-order valence-electron chi connectivity index (χ1n) is 6.25. The van der Waals surface area contributed by atoms with Crippen LogP contribution in [0.25, 0.3) is 0 Å². The van der Waals surface area contributed by atoms with Gasteiger partial charge in [0.05, 0.1) is 4.88 Å². The van der Waals surface area contributed by atoms with Crippen LogP contribution in [-0.4, -0.2) is 42.3 Å². The van der Waals surface area contributed by atoms with Gasteiger partial charge in [-0.3, -0.25) is 9.59 Å². The standard InChI is InChI=1S/C13H18N2O2S/c1-10-9-14-6-7-15(10)13(17)5-4-11(16)12-3-2-8-18-12/h2-3,8,10,14H,4-7,9H2,1H3. The minimum absolute atomic E-state index is 0.0705. The number of carbonyl (C=O) groups excluding carboxylic acids is 2. The summed E-state index contributed by atoms with van der Waals surface area (Å²) in [6, 6.07) is 3.89. The van der Waals surface area contributed by atoms with E-state index in [0.29, 0.717) is 12.8 Å². The molecule has 1 fully saturated rings. The van der Waals surface area contributed by atoms with Crippen molar-refractivity contribution in [3.05, 3.63) is 22.4 Å². The van der Waals surface area contributed by atoms with Crippen LogP contribution in [0.4, 0.5) is 0 Å². The van der Waals surface area contributed by atoms with E-state index in [1.54, 1.807) is 0 Å². The number of hydrogen-bond donors (Lipinski definition) is 1. The van der Waals surface area contributed by atoms with E-state index in [0.717, 1.165) is 24.5 Å². The fourth-order valence-corrected chi connectivity index (χ4v) is 2.83. The number of carbonyl (C=O) groups is 2. The van der Waals surface area contributed by atoms with Gasteiger partial charge in [-0.05, 0) is 18.4 Å². The molecule has 2 heterocycles. The SMILES string of the molecule is CC1CNCCN1C(=O)CCC(=O)c1cccs1. The summed E-state index contributed by atoms with van der Waals surface area (Å²) in [5.41, 5.74) is 0. The number of Topliss-reactive ketones (excluding diaryl/α,β-unsaturated/α-hetero) is 1. The Morgan fingerprint density at radius 1 is 1.50 bits per heavy atom. The Morgan fingerprint density at radius 3 is 3.00 bits per heavy atom. The lowest BCUT2D eigenvalue weighted by Gasteiger charge is -2.34. The number of piperazine rings is 1. The maximum Gasteiger partial charge on any atom is 0.223 e. The fourth-order valence-electron chi connectivity index (χ4n) is 2.14. The van der Waals surface area contributed by atoms with Gasteiger partial charge in [-0.15, -0.1) is 11.3 Å². The largest absolute Gasteiger partial charge is 0.337 e. The smallest absolute Gasteiger partial charge is 0.223 e. The Bertz CT molecular complexity index is 417. The molecule has 18 heavy (non-hydrogen) atoms. The highest BCUT2D eigenvalue weighted by molar-refractivity contribution is 7.12. The number of rotatable bonds is 4. The van der Waals surface area contributed by atoms with Crippen LogP contribution in [0.1, 0.15) is 29.4 Å². The molecule has 0 aliphatic carbocycles. The van der Waals surface area contributed by atoms with Gasteiger partial charge >= 0.3 is 0 Å². The van der Waals surface area contributed by atoms with Gasteiger partial charge in [0.15, 0.2) is 5.78 Å². The van der Waals surface area contributed by atoms with Crippen LogP contribution in [0, 0.1) is 0 Å². The molecule has 1 unspecified atom stereocenters. The lowest BCUT2D eigenvalue weighted by Crippen LogP contribution is -2.52. The molecule has 1 aliphatic heterocycles. The van der Waals surface area contributed by atoms with E-state index < -0.39 is 0 Å². The van der Waals surface area contributed by atoms with Crippen LogP contribution in [0.2, 0.25) is 0 Å². The molecule has 1 amide bonds. The molecule has 1 saturated heterocycles. The maximum absolute atomic E-state index is 12.0. The molecule has 0 radical (unpaired) electrons. The van der Waals surface area contributed by atoms with Crippen LogP contribution < -0.4 is 5.32 Å². The van der Waals surface area contributed by atoms with Gasteiger partial charge in [-0.2, -0.15) is 0 Å². The topological polar surface area (TPSA) is 49.4 Å². The van der Waals surface area contributed by atoms with Crippen molar-refractivity contribution in [3.63, 3.8) is 0 Å². The summed E-state index contributed by atoms with van der Waals surface area (Å²) < 4.78 is 0. The van der Waals surface area contributed by atoms with Crippen molar-refractivity contribution in [2.45, 2.75) is 25.8 Å². The molecule has 0 aromatic carbocycles. The first kappa shape index (κ1) is 13.2. The zero-order chi connectivity index (χ0) is 13.0. The summed E-state index contributed by atoms with van der Waals surface area (Å²) in [5.74, 6) is 0.162. The number of amides is 1. The normalized spacial score (nSPS) is 19.8. The second kappa shape index (κ2) is 6.11. The van der Waals surface area contributed by atoms with Gasteiger partial charge < -0.3 is 10.2 Å². The van der Waals surface area contributed by atoms with Gasteiger partial charge in [0.25, 0.3) is 0 Å². The van der Waals surface area contributed by atoms with E-state index in [2.05, 4.69) is 5.32 Å². The van der Waals surface area contributed by atoms with Crippen molar-refractivity contribution in [1.82, 2.24) is 10.2 Å². The van der Waals surface area contributed by atoms with Gasteiger partial charge in [0, 0.05) is 38.5 Å². The monoisotopic (exact) mass is 266 g/mol. The predicted molar refractivity (Wildman–Crippen MR) is 71.9 cm³/mol. The second-order valence-corrected chi connectivity index (χ2v) is 5.49. The summed E-state index contributed by atoms with van der Waals surface area (Å²) in [4.78, 5) is 26.5. The van der Waals surface area contributed by atoms with Crippen LogP contribution >= 0.6 is 11.3 Å². The Morgan fingerprint density at radius 2 is 2.33 bits per heavy atom. The van der Waals surface area contributed by atoms with Crippen LogP contribution in [0.3, 0.4) is 0 Å². The quantitative estimate of drug-likeness (QED) is 0.841. The average Bonchev–Trinajstić information content (AvgIpc) is 2.90. The summed E-state index contributed by atoms with van der Waals surface area (Å²) >= 11 is 1.43. The molecule has 1 aliphatic rings.